The zero-order valence-electron chi connectivity index (χ0n) is 10.3. The normalized spacial score (nSPS) is 35.1. The first-order chi connectivity index (χ1) is 7.76. The van der Waals surface area contributed by atoms with Crippen molar-refractivity contribution in [2.24, 2.45) is 5.73 Å². The molecule has 0 bridgehead atoms. The summed E-state index contributed by atoms with van der Waals surface area (Å²) in [7, 11) is 2.20. The molecule has 2 rings (SSSR count). The minimum Gasteiger partial charge on any atom is -0.378 e. The van der Waals surface area contributed by atoms with Crippen LogP contribution in [-0.4, -0.2) is 56.5 Å². The zero-order valence-corrected chi connectivity index (χ0v) is 10.3. The van der Waals surface area contributed by atoms with Crippen molar-refractivity contribution in [3.63, 3.8) is 0 Å². The second-order valence-electron chi connectivity index (χ2n) is 5.10. The van der Waals surface area contributed by atoms with Crippen LogP contribution in [0.15, 0.2) is 0 Å². The Morgan fingerprint density at radius 1 is 1.44 bits per heavy atom. The van der Waals surface area contributed by atoms with Crippen LogP contribution in [0.1, 0.15) is 25.7 Å². The molecule has 0 radical (unpaired) electrons. The molecule has 0 aromatic rings. The van der Waals surface area contributed by atoms with E-state index in [2.05, 4.69) is 11.9 Å². The second kappa shape index (κ2) is 5.45. The van der Waals surface area contributed by atoms with E-state index in [0.29, 0.717) is 6.04 Å². The van der Waals surface area contributed by atoms with E-state index < -0.39 is 0 Å². The molecule has 0 aromatic carbocycles. The number of hydrogen-bond acceptors (Lipinski definition) is 4. The maximum atomic E-state index is 5.93. The molecule has 2 aliphatic heterocycles. The molecule has 2 N–H and O–H groups in total. The van der Waals surface area contributed by atoms with E-state index in [9.17, 15) is 0 Å². The average Bonchev–Trinajstić information content (AvgIpc) is 2.74. The molecule has 2 atom stereocenters. The largest absolute Gasteiger partial charge is 0.378 e. The molecule has 2 aliphatic rings. The number of nitrogens with two attached hydrogens (primary N) is 1. The van der Waals surface area contributed by atoms with Gasteiger partial charge in [0, 0.05) is 25.7 Å². The lowest BCUT2D eigenvalue weighted by atomic mass is 9.89. The lowest BCUT2D eigenvalue weighted by Crippen LogP contribution is -2.48. The third kappa shape index (κ3) is 2.74. The molecule has 0 aliphatic carbocycles. The van der Waals surface area contributed by atoms with Crippen molar-refractivity contribution in [3.05, 3.63) is 0 Å². The topological polar surface area (TPSA) is 47.7 Å². The summed E-state index contributed by atoms with van der Waals surface area (Å²) in [5.41, 5.74) is 5.58. The third-order valence-corrected chi connectivity index (χ3v) is 3.87. The minimum absolute atomic E-state index is 0.0277. The lowest BCUT2D eigenvalue weighted by molar-refractivity contribution is -0.103. The maximum Gasteiger partial charge on any atom is 0.0951 e. The van der Waals surface area contributed by atoms with Crippen LogP contribution in [0.2, 0.25) is 0 Å². The Morgan fingerprint density at radius 3 is 3.00 bits per heavy atom. The number of hydrogen-bond donors (Lipinski definition) is 1. The molecule has 2 fully saturated rings. The van der Waals surface area contributed by atoms with Crippen LogP contribution in [-0.2, 0) is 9.47 Å². The van der Waals surface area contributed by atoms with E-state index in [1.165, 1.54) is 0 Å². The summed E-state index contributed by atoms with van der Waals surface area (Å²) in [6.45, 7) is 4.40. The molecular weight excluding hydrogens is 204 g/mol. The molecular formula is C12H24N2O2. The van der Waals surface area contributed by atoms with E-state index in [-0.39, 0.29) is 5.60 Å². The van der Waals surface area contributed by atoms with E-state index in [4.69, 9.17) is 15.2 Å². The first-order valence-corrected chi connectivity index (χ1v) is 6.38. The molecule has 2 heterocycles. The highest BCUT2D eigenvalue weighted by molar-refractivity contribution is 4.93. The van der Waals surface area contributed by atoms with Crippen LogP contribution >= 0.6 is 0 Å². The van der Waals surface area contributed by atoms with Gasteiger partial charge >= 0.3 is 0 Å². The molecule has 0 saturated carbocycles. The summed E-state index contributed by atoms with van der Waals surface area (Å²) in [5.74, 6) is 0. The highest BCUT2D eigenvalue weighted by atomic mass is 16.6. The van der Waals surface area contributed by atoms with Crippen molar-refractivity contribution in [1.29, 1.82) is 0 Å². The second-order valence-corrected chi connectivity index (χ2v) is 5.10. The quantitative estimate of drug-likeness (QED) is 0.765. The highest BCUT2D eigenvalue weighted by Crippen LogP contribution is 2.34. The van der Waals surface area contributed by atoms with Gasteiger partial charge in [0.25, 0.3) is 0 Å². The summed E-state index contributed by atoms with van der Waals surface area (Å²) >= 11 is 0. The first-order valence-electron chi connectivity index (χ1n) is 6.38. The van der Waals surface area contributed by atoms with E-state index in [1.807, 2.05) is 0 Å². The number of ether oxygens (including phenoxy) is 2. The van der Waals surface area contributed by atoms with Gasteiger partial charge in [-0.2, -0.15) is 0 Å². The molecule has 2 saturated heterocycles. The predicted molar refractivity (Wildman–Crippen MR) is 63.4 cm³/mol. The van der Waals surface area contributed by atoms with Gasteiger partial charge in [-0.15, -0.1) is 0 Å². The van der Waals surface area contributed by atoms with Gasteiger partial charge in [0.2, 0.25) is 0 Å². The van der Waals surface area contributed by atoms with Crippen molar-refractivity contribution in [2.45, 2.75) is 37.3 Å². The van der Waals surface area contributed by atoms with Crippen molar-refractivity contribution < 1.29 is 9.47 Å². The molecule has 2 unspecified atom stereocenters. The Kier molecular flexibility index (Phi) is 4.19. The van der Waals surface area contributed by atoms with Gasteiger partial charge in [-0.25, -0.2) is 0 Å². The van der Waals surface area contributed by atoms with Crippen molar-refractivity contribution in [3.8, 4) is 0 Å². The summed E-state index contributed by atoms with van der Waals surface area (Å²) in [4.78, 5) is 2.44. The van der Waals surface area contributed by atoms with Gasteiger partial charge in [0.05, 0.1) is 12.2 Å². The summed E-state index contributed by atoms with van der Waals surface area (Å²) in [6.07, 6.45) is 4.41. The van der Waals surface area contributed by atoms with Crippen LogP contribution in [0.3, 0.4) is 0 Å². The Bertz CT molecular complexity index is 217. The monoisotopic (exact) mass is 228 g/mol. The molecule has 4 nitrogen and oxygen atoms in total. The van der Waals surface area contributed by atoms with Crippen LogP contribution in [0.25, 0.3) is 0 Å². The standard InChI is InChI=1S/C12H24N2O2/c1-14(6-2-5-13)11-3-7-16-12(9-11)4-8-15-10-12/h11H,2-10,13H2,1H3. The maximum absolute atomic E-state index is 5.93. The van der Waals surface area contributed by atoms with Crippen molar-refractivity contribution in [1.82, 2.24) is 4.90 Å². The fraction of sp³-hybridized carbons (Fsp3) is 1.00. The summed E-state index contributed by atoms with van der Waals surface area (Å²) < 4.78 is 11.4. The molecule has 16 heavy (non-hydrogen) atoms. The third-order valence-electron chi connectivity index (χ3n) is 3.87. The predicted octanol–water partition coefficient (Wildman–Crippen LogP) is 0.605. The van der Waals surface area contributed by atoms with Crippen LogP contribution in [0.4, 0.5) is 0 Å². The number of nitrogens with zero attached hydrogens (tertiary/aromatic N) is 1. The van der Waals surface area contributed by atoms with E-state index in [0.717, 1.165) is 58.6 Å². The van der Waals surface area contributed by atoms with Crippen LogP contribution < -0.4 is 5.73 Å². The van der Waals surface area contributed by atoms with Crippen molar-refractivity contribution in [2.75, 3.05) is 40.0 Å². The van der Waals surface area contributed by atoms with Crippen LogP contribution in [0.5, 0.6) is 0 Å². The fourth-order valence-corrected chi connectivity index (χ4v) is 2.76. The Labute approximate surface area is 98.1 Å². The van der Waals surface area contributed by atoms with E-state index >= 15 is 0 Å². The summed E-state index contributed by atoms with van der Waals surface area (Å²) in [5, 5.41) is 0. The van der Waals surface area contributed by atoms with Crippen molar-refractivity contribution >= 4 is 0 Å². The number of rotatable bonds is 4. The van der Waals surface area contributed by atoms with Gasteiger partial charge < -0.3 is 20.1 Å². The fourth-order valence-electron chi connectivity index (χ4n) is 2.76. The Balaban J connectivity index is 1.85. The molecule has 4 heteroatoms. The summed E-state index contributed by atoms with van der Waals surface area (Å²) in [6, 6.07) is 0.641. The zero-order chi connectivity index (χ0) is 11.4. The van der Waals surface area contributed by atoms with E-state index in [1.54, 1.807) is 0 Å². The molecule has 1 spiro atoms. The first kappa shape index (κ1) is 12.3. The van der Waals surface area contributed by atoms with Gasteiger partial charge in [-0.05, 0) is 39.4 Å². The SMILES string of the molecule is CN(CCCN)C1CCOC2(CCOC2)C1. The highest BCUT2D eigenvalue weighted by Gasteiger charge is 2.41. The molecule has 0 amide bonds. The lowest BCUT2D eigenvalue weighted by Gasteiger charge is -2.41. The van der Waals surface area contributed by atoms with Gasteiger partial charge in [-0.1, -0.05) is 0 Å². The smallest absolute Gasteiger partial charge is 0.0951 e. The molecule has 0 aromatic heterocycles. The van der Waals surface area contributed by atoms with Gasteiger partial charge in [0.15, 0.2) is 0 Å². The Morgan fingerprint density at radius 2 is 2.31 bits per heavy atom. The van der Waals surface area contributed by atoms with Gasteiger partial charge in [-0.3, -0.25) is 0 Å². The van der Waals surface area contributed by atoms with Gasteiger partial charge in [0.1, 0.15) is 0 Å². The Hall–Kier alpha value is -0.160. The minimum atomic E-state index is 0.0277. The van der Waals surface area contributed by atoms with Crippen LogP contribution in [0, 0.1) is 0 Å². The molecule has 94 valence electrons. The average molecular weight is 228 g/mol.